The number of likely N-dealkylation sites (tertiary alicyclic amines) is 1. The molecule has 0 N–H and O–H groups in total. The normalized spacial score (nSPS) is 22.3. The van der Waals surface area contributed by atoms with Crippen LogP contribution in [-0.4, -0.2) is 36.5 Å². The molecule has 140 valence electrons. The third kappa shape index (κ3) is 3.46. The number of rotatable bonds is 3. The predicted octanol–water partition coefficient (Wildman–Crippen LogP) is 4.02. The number of amides is 1. The number of carbonyl (C=O) groups excluding carboxylic acids is 2. The molecule has 0 spiro atoms. The van der Waals surface area contributed by atoms with Gasteiger partial charge in [0.2, 0.25) is 0 Å². The van der Waals surface area contributed by atoms with E-state index in [1.807, 2.05) is 23.2 Å². The van der Waals surface area contributed by atoms with Crippen LogP contribution in [0.25, 0.3) is 6.08 Å². The number of hydrogen-bond acceptors (Lipinski definition) is 5. The maximum absolute atomic E-state index is 13.0. The summed E-state index contributed by atoms with van der Waals surface area (Å²) in [7, 11) is 0. The van der Waals surface area contributed by atoms with Crippen LogP contribution >= 0.6 is 23.1 Å². The lowest BCUT2D eigenvalue weighted by atomic mass is 9.95. The quantitative estimate of drug-likeness (QED) is 0.730. The molecule has 0 saturated carbocycles. The summed E-state index contributed by atoms with van der Waals surface area (Å²) >= 11 is 3.55. The van der Waals surface area contributed by atoms with Gasteiger partial charge in [0.15, 0.2) is 0 Å². The summed E-state index contributed by atoms with van der Waals surface area (Å²) in [6, 6.07) is 0. The first-order valence-corrected chi connectivity index (χ1v) is 11.4. The summed E-state index contributed by atoms with van der Waals surface area (Å²) < 4.78 is 5.15. The van der Waals surface area contributed by atoms with E-state index in [2.05, 4.69) is 6.08 Å². The fourth-order valence-electron chi connectivity index (χ4n) is 4.13. The lowest BCUT2D eigenvalue weighted by Gasteiger charge is -2.32. The highest BCUT2D eigenvalue weighted by Gasteiger charge is 2.32. The van der Waals surface area contributed by atoms with E-state index in [0.29, 0.717) is 13.2 Å². The third-order valence-corrected chi connectivity index (χ3v) is 7.80. The average molecular weight is 392 g/mol. The molecule has 3 heterocycles. The molecular formula is C20H25NO3S2. The van der Waals surface area contributed by atoms with Crippen molar-refractivity contribution < 1.29 is 14.3 Å². The summed E-state index contributed by atoms with van der Waals surface area (Å²) in [5, 5.41) is 0. The molecule has 1 aromatic heterocycles. The molecule has 0 radical (unpaired) electrons. The smallest absolute Gasteiger partial charge is 0.310 e. The van der Waals surface area contributed by atoms with E-state index in [4.69, 9.17) is 4.74 Å². The van der Waals surface area contributed by atoms with Crippen molar-refractivity contribution in [2.75, 3.05) is 19.7 Å². The Kier molecular flexibility index (Phi) is 5.41. The van der Waals surface area contributed by atoms with Gasteiger partial charge in [-0.15, -0.1) is 23.1 Å². The van der Waals surface area contributed by atoms with Crippen LogP contribution in [0.3, 0.4) is 0 Å². The first-order chi connectivity index (χ1) is 12.7. The molecule has 2 aliphatic heterocycles. The molecule has 1 amide bonds. The molecule has 1 saturated heterocycles. The molecule has 4 rings (SSSR count). The summed E-state index contributed by atoms with van der Waals surface area (Å²) in [6.45, 7) is 3.45. The monoisotopic (exact) mass is 391 g/mol. The molecule has 6 heteroatoms. The van der Waals surface area contributed by atoms with Gasteiger partial charge in [-0.2, -0.15) is 0 Å². The van der Waals surface area contributed by atoms with Crippen LogP contribution in [0.2, 0.25) is 0 Å². The number of piperidine rings is 1. The number of nitrogens with zero attached hydrogens (tertiary/aromatic N) is 1. The lowest BCUT2D eigenvalue weighted by molar-refractivity contribution is -0.150. The van der Waals surface area contributed by atoms with Crippen LogP contribution in [-0.2, 0) is 32.9 Å². The molecule has 0 aromatic carbocycles. The van der Waals surface area contributed by atoms with Crippen molar-refractivity contribution in [2.45, 2.75) is 51.2 Å². The van der Waals surface area contributed by atoms with E-state index in [1.54, 1.807) is 17.3 Å². The summed E-state index contributed by atoms with van der Waals surface area (Å²) in [5.74, 6) is 0.657. The minimum absolute atomic E-state index is 0.0843. The Morgan fingerprint density at radius 1 is 1.23 bits per heavy atom. The number of esters is 1. The van der Waals surface area contributed by atoms with Gasteiger partial charge < -0.3 is 9.64 Å². The maximum atomic E-state index is 13.0. The van der Waals surface area contributed by atoms with Crippen LogP contribution in [0.4, 0.5) is 0 Å². The topological polar surface area (TPSA) is 46.6 Å². The van der Waals surface area contributed by atoms with Gasteiger partial charge in [0.1, 0.15) is 0 Å². The van der Waals surface area contributed by atoms with Crippen molar-refractivity contribution in [3.63, 3.8) is 0 Å². The lowest BCUT2D eigenvalue weighted by Crippen LogP contribution is -2.43. The Balaban J connectivity index is 1.50. The predicted molar refractivity (Wildman–Crippen MR) is 106 cm³/mol. The van der Waals surface area contributed by atoms with Crippen LogP contribution in [0.5, 0.6) is 0 Å². The second-order valence-electron chi connectivity index (χ2n) is 7.19. The average Bonchev–Trinajstić information content (AvgIpc) is 3.05. The molecule has 1 aliphatic carbocycles. The van der Waals surface area contributed by atoms with E-state index >= 15 is 0 Å². The van der Waals surface area contributed by atoms with E-state index in [1.165, 1.54) is 41.0 Å². The molecule has 0 unspecified atom stereocenters. The van der Waals surface area contributed by atoms with Gasteiger partial charge in [-0.05, 0) is 62.7 Å². The highest BCUT2D eigenvalue weighted by Crippen LogP contribution is 2.43. The van der Waals surface area contributed by atoms with Crippen molar-refractivity contribution in [1.82, 2.24) is 4.90 Å². The zero-order chi connectivity index (χ0) is 18.1. The van der Waals surface area contributed by atoms with Gasteiger partial charge in [-0.25, -0.2) is 0 Å². The van der Waals surface area contributed by atoms with Crippen LogP contribution in [0.1, 0.15) is 53.5 Å². The van der Waals surface area contributed by atoms with E-state index in [9.17, 15) is 9.59 Å². The van der Waals surface area contributed by atoms with Gasteiger partial charge in [0.05, 0.1) is 17.4 Å². The van der Waals surface area contributed by atoms with E-state index in [0.717, 1.165) is 30.0 Å². The van der Waals surface area contributed by atoms with Gasteiger partial charge in [0.25, 0.3) is 5.91 Å². The van der Waals surface area contributed by atoms with Crippen LogP contribution < -0.4 is 0 Å². The minimum Gasteiger partial charge on any atom is -0.466 e. The first kappa shape index (κ1) is 18.1. The van der Waals surface area contributed by atoms with Crippen LogP contribution in [0, 0.1) is 5.92 Å². The number of ether oxygens (including phenoxy) is 1. The van der Waals surface area contributed by atoms with Gasteiger partial charge >= 0.3 is 5.97 Å². The molecule has 26 heavy (non-hydrogen) atoms. The van der Waals surface area contributed by atoms with Crippen molar-refractivity contribution in [1.29, 1.82) is 0 Å². The van der Waals surface area contributed by atoms with Crippen molar-refractivity contribution in [3.05, 3.63) is 25.8 Å². The number of thiophene rings is 1. The van der Waals surface area contributed by atoms with Crippen molar-refractivity contribution in [2.24, 2.45) is 5.92 Å². The standard InChI is InChI=1S/C20H25NO3S2/c1-2-24-20(23)13-6-5-9-21(11-13)19(22)18-10-17-15(12-25-18)14-7-3-4-8-16(14)26-17/h10,13H,2-9,11-12H2,1H3/t13-/m1/s1. The summed E-state index contributed by atoms with van der Waals surface area (Å²) in [4.78, 5) is 30.6. The zero-order valence-electron chi connectivity index (χ0n) is 15.2. The molecular weight excluding hydrogens is 366 g/mol. The van der Waals surface area contributed by atoms with E-state index < -0.39 is 0 Å². The molecule has 1 aromatic rings. The third-order valence-electron chi connectivity index (χ3n) is 5.49. The van der Waals surface area contributed by atoms with Gasteiger partial charge in [0, 0.05) is 28.6 Å². The first-order valence-electron chi connectivity index (χ1n) is 9.61. The minimum atomic E-state index is -0.175. The Bertz CT molecular complexity index is 752. The summed E-state index contributed by atoms with van der Waals surface area (Å²) in [6.07, 6.45) is 8.76. The SMILES string of the molecule is CCOC(=O)[C@@H]1CCCN(C(=O)C2=Cc3sc4c(c3CS2)CCCC4)C1. The molecule has 1 fully saturated rings. The second-order valence-corrected chi connectivity index (χ2v) is 9.35. The number of thioether (sulfide) groups is 1. The number of fused-ring (bicyclic) bond motifs is 3. The summed E-state index contributed by atoms with van der Waals surface area (Å²) in [5.41, 5.74) is 3.03. The number of hydrogen-bond donors (Lipinski definition) is 0. The maximum Gasteiger partial charge on any atom is 0.310 e. The van der Waals surface area contributed by atoms with Crippen molar-refractivity contribution >= 4 is 41.1 Å². The zero-order valence-corrected chi connectivity index (χ0v) is 16.8. The van der Waals surface area contributed by atoms with Crippen LogP contribution in [0.15, 0.2) is 4.91 Å². The van der Waals surface area contributed by atoms with Gasteiger partial charge in [-0.1, -0.05) is 0 Å². The highest BCUT2D eigenvalue weighted by atomic mass is 32.2. The Morgan fingerprint density at radius 2 is 2.08 bits per heavy atom. The fraction of sp³-hybridized carbons (Fsp3) is 0.600. The Morgan fingerprint density at radius 3 is 2.92 bits per heavy atom. The second kappa shape index (κ2) is 7.77. The van der Waals surface area contributed by atoms with Gasteiger partial charge in [-0.3, -0.25) is 9.59 Å². The fourth-order valence-corrected chi connectivity index (χ4v) is 6.74. The Labute approximate surface area is 163 Å². The van der Waals surface area contributed by atoms with E-state index in [-0.39, 0.29) is 17.8 Å². The number of carbonyl (C=O) groups is 2. The molecule has 1 atom stereocenters. The Hall–Kier alpha value is -1.27. The largest absolute Gasteiger partial charge is 0.466 e. The molecule has 4 nitrogen and oxygen atoms in total. The molecule has 0 bridgehead atoms. The number of aryl methyl sites for hydroxylation is 1. The highest BCUT2D eigenvalue weighted by molar-refractivity contribution is 8.03. The van der Waals surface area contributed by atoms with Crippen molar-refractivity contribution in [3.8, 4) is 0 Å². The molecule has 3 aliphatic rings.